The van der Waals surface area contributed by atoms with E-state index >= 15 is 0 Å². The number of hydrogen-bond acceptors (Lipinski definition) is 2. The van der Waals surface area contributed by atoms with Gasteiger partial charge in [0.1, 0.15) is 5.82 Å². The van der Waals surface area contributed by atoms with Crippen LogP contribution in [0.15, 0.2) is 22.7 Å². The lowest BCUT2D eigenvalue weighted by Crippen LogP contribution is -2.57. The zero-order valence-electron chi connectivity index (χ0n) is 10.4. The normalized spacial score (nSPS) is 24.1. The number of benzene rings is 1. The van der Waals surface area contributed by atoms with Gasteiger partial charge in [0, 0.05) is 29.6 Å². The molecule has 3 nitrogen and oxygen atoms in total. The molecule has 2 rings (SSSR count). The average Bonchev–Trinajstić information content (AvgIpc) is 2.28. The zero-order valence-corrected chi connectivity index (χ0v) is 12.0. The Hall–Kier alpha value is -0.940. The molecule has 1 aliphatic heterocycles. The topological polar surface area (TPSA) is 32.3 Å². The number of halogens is 2. The van der Waals surface area contributed by atoms with Crippen molar-refractivity contribution >= 4 is 21.8 Å². The number of nitrogens with one attached hydrogen (secondary N) is 1. The number of carbonyl (C=O) groups excluding carboxylic acids is 1. The first-order valence-electron chi connectivity index (χ1n) is 5.99. The van der Waals surface area contributed by atoms with E-state index in [9.17, 15) is 9.18 Å². The predicted molar refractivity (Wildman–Crippen MR) is 72.1 cm³/mol. The molecule has 0 saturated carbocycles. The second kappa shape index (κ2) is 5.36. The van der Waals surface area contributed by atoms with Crippen LogP contribution in [0.3, 0.4) is 0 Å². The van der Waals surface area contributed by atoms with E-state index < -0.39 is 5.82 Å². The van der Waals surface area contributed by atoms with Crippen molar-refractivity contribution in [2.24, 2.45) is 0 Å². The van der Waals surface area contributed by atoms with Crippen LogP contribution in [0, 0.1) is 5.82 Å². The number of nitrogens with zero attached hydrogens (tertiary/aromatic N) is 1. The Kier molecular flexibility index (Phi) is 4.02. The van der Waals surface area contributed by atoms with Crippen molar-refractivity contribution in [2.45, 2.75) is 25.9 Å². The van der Waals surface area contributed by atoms with Crippen molar-refractivity contribution in [1.29, 1.82) is 0 Å². The van der Waals surface area contributed by atoms with Crippen LogP contribution in [0.25, 0.3) is 0 Å². The number of carbonyl (C=O) groups is 1. The van der Waals surface area contributed by atoms with Crippen LogP contribution in [0.2, 0.25) is 0 Å². The SMILES string of the molecule is CC1CNCC(C)N1C(=O)c1c(F)cccc1Br. The fourth-order valence-electron chi connectivity index (χ4n) is 2.36. The molecule has 2 unspecified atom stereocenters. The summed E-state index contributed by atoms with van der Waals surface area (Å²) < 4.78 is 14.3. The number of rotatable bonds is 1. The fourth-order valence-corrected chi connectivity index (χ4v) is 2.88. The summed E-state index contributed by atoms with van der Waals surface area (Å²) in [6.07, 6.45) is 0. The molecule has 1 aromatic carbocycles. The molecule has 5 heteroatoms. The number of hydrogen-bond donors (Lipinski definition) is 1. The van der Waals surface area contributed by atoms with Crippen LogP contribution in [-0.4, -0.2) is 36.0 Å². The van der Waals surface area contributed by atoms with Gasteiger partial charge in [-0.2, -0.15) is 0 Å². The van der Waals surface area contributed by atoms with Gasteiger partial charge in [0.2, 0.25) is 0 Å². The monoisotopic (exact) mass is 314 g/mol. The maximum Gasteiger partial charge on any atom is 0.258 e. The predicted octanol–water partition coefficient (Wildman–Crippen LogP) is 2.41. The summed E-state index contributed by atoms with van der Waals surface area (Å²) in [4.78, 5) is 14.2. The number of amides is 1. The van der Waals surface area contributed by atoms with Crippen LogP contribution in [0.4, 0.5) is 4.39 Å². The molecule has 1 aliphatic rings. The van der Waals surface area contributed by atoms with Gasteiger partial charge in [0.15, 0.2) is 0 Å². The Labute approximate surface area is 114 Å². The van der Waals surface area contributed by atoms with Gasteiger partial charge in [0.05, 0.1) is 5.56 Å². The highest BCUT2D eigenvalue weighted by Gasteiger charge is 2.31. The molecule has 0 aliphatic carbocycles. The van der Waals surface area contributed by atoms with E-state index in [1.165, 1.54) is 6.07 Å². The van der Waals surface area contributed by atoms with Gasteiger partial charge in [-0.05, 0) is 41.9 Å². The van der Waals surface area contributed by atoms with E-state index in [0.29, 0.717) is 4.47 Å². The van der Waals surface area contributed by atoms with Crippen LogP contribution in [0.5, 0.6) is 0 Å². The van der Waals surface area contributed by atoms with Crippen molar-refractivity contribution in [1.82, 2.24) is 10.2 Å². The Morgan fingerprint density at radius 1 is 1.39 bits per heavy atom. The Bertz CT molecular complexity index is 436. The highest BCUT2D eigenvalue weighted by molar-refractivity contribution is 9.10. The lowest BCUT2D eigenvalue weighted by Gasteiger charge is -2.39. The molecule has 1 N–H and O–H groups in total. The minimum Gasteiger partial charge on any atom is -0.331 e. The average molecular weight is 315 g/mol. The number of piperazine rings is 1. The van der Waals surface area contributed by atoms with Crippen molar-refractivity contribution in [2.75, 3.05) is 13.1 Å². The van der Waals surface area contributed by atoms with Crippen molar-refractivity contribution in [3.05, 3.63) is 34.1 Å². The second-order valence-electron chi connectivity index (χ2n) is 4.67. The summed E-state index contributed by atoms with van der Waals surface area (Å²) in [7, 11) is 0. The summed E-state index contributed by atoms with van der Waals surface area (Å²) in [5.74, 6) is -0.728. The molecule has 0 bridgehead atoms. The second-order valence-corrected chi connectivity index (χ2v) is 5.52. The minimum atomic E-state index is -0.479. The maximum absolute atomic E-state index is 13.8. The van der Waals surface area contributed by atoms with E-state index in [0.717, 1.165) is 13.1 Å². The quantitative estimate of drug-likeness (QED) is 0.863. The minimum absolute atomic E-state index is 0.0627. The van der Waals surface area contributed by atoms with Gasteiger partial charge in [-0.3, -0.25) is 4.79 Å². The smallest absolute Gasteiger partial charge is 0.258 e. The Balaban J connectivity index is 2.35. The van der Waals surface area contributed by atoms with Gasteiger partial charge in [-0.15, -0.1) is 0 Å². The molecule has 1 fully saturated rings. The van der Waals surface area contributed by atoms with E-state index in [4.69, 9.17) is 0 Å². The van der Waals surface area contributed by atoms with Crippen LogP contribution in [0.1, 0.15) is 24.2 Å². The molecule has 1 aromatic rings. The highest BCUT2D eigenvalue weighted by atomic mass is 79.9. The summed E-state index contributed by atoms with van der Waals surface area (Å²) >= 11 is 3.25. The van der Waals surface area contributed by atoms with Gasteiger partial charge in [0.25, 0.3) is 5.91 Å². The first-order chi connectivity index (χ1) is 8.52. The first-order valence-corrected chi connectivity index (χ1v) is 6.79. The van der Waals surface area contributed by atoms with E-state index in [1.54, 1.807) is 17.0 Å². The molecule has 0 spiro atoms. The molecule has 0 aromatic heterocycles. The molecular weight excluding hydrogens is 299 g/mol. The van der Waals surface area contributed by atoms with E-state index in [-0.39, 0.29) is 23.6 Å². The highest BCUT2D eigenvalue weighted by Crippen LogP contribution is 2.24. The molecule has 1 saturated heterocycles. The Morgan fingerprint density at radius 2 is 2.00 bits per heavy atom. The third-order valence-corrected chi connectivity index (χ3v) is 3.90. The molecule has 1 amide bonds. The third-order valence-electron chi connectivity index (χ3n) is 3.24. The van der Waals surface area contributed by atoms with Gasteiger partial charge >= 0.3 is 0 Å². The molecular formula is C13H16BrFN2O. The lowest BCUT2D eigenvalue weighted by molar-refractivity contribution is 0.0538. The van der Waals surface area contributed by atoms with Gasteiger partial charge in [-0.25, -0.2) is 4.39 Å². The maximum atomic E-state index is 13.8. The molecule has 2 atom stereocenters. The van der Waals surface area contributed by atoms with Crippen LogP contribution >= 0.6 is 15.9 Å². The van der Waals surface area contributed by atoms with Crippen LogP contribution < -0.4 is 5.32 Å². The first kappa shape index (κ1) is 13.5. The summed E-state index contributed by atoms with van der Waals surface area (Å²) in [6, 6.07) is 4.71. The fraction of sp³-hybridized carbons (Fsp3) is 0.462. The van der Waals surface area contributed by atoms with Crippen molar-refractivity contribution < 1.29 is 9.18 Å². The van der Waals surface area contributed by atoms with Crippen LogP contribution in [-0.2, 0) is 0 Å². The summed E-state index contributed by atoms with van der Waals surface area (Å²) in [6.45, 7) is 5.41. The molecule has 0 radical (unpaired) electrons. The third kappa shape index (κ3) is 2.42. The molecule has 1 heterocycles. The summed E-state index contributed by atoms with van der Waals surface area (Å²) in [5.41, 5.74) is 0.123. The standard InChI is InChI=1S/C13H16BrFN2O/c1-8-6-16-7-9(2)17(8)13(18)12-10(14)4-3-5-11(12)15/h3-5,8-9,16H,6-7H2,1-2H3. The Morgan fingerprint density at radius 3 is 2.56 bits per heavy atom. The van der Waals surface area contributed by atoms with Gasteiger partial charge in [-0.1, -0.05) is 6.07 Å². The largest absolute Gasteiger partial charge is 0.331 e. The molecule has 18 heavy (non-hydrogen) atoms. The van der Waals surface area contributed by atoms with Crippen molar-refractivity contribution in [3.63, 3.8) is 0 Å². The van der Waals surface area contributed by atoms with Gasteiger partial charge < -0.3 is 10.2 Å². The van der Waals surface area contributed by atoms with E-state index in [1.807, 2.05) is 13.8 Å². The van der Waals surface area contributed by atoms with E-state index in [2.05, 4.69) is 21.2 Å². The summed E-state index contributed by atoms with van der Waals surface area (Å²) in [5, 5.41) is 3.25. The lowest BCUT2D eigenvalue weighted by atomic mass is 10.1. The molecule has 98 valence electrons. The van der Waals surface area contributed by atoms with Crippen molar-refractivity contribution in [3.8, 4) is 0 Å². The zero-order chi connectivity index (χ0) is 13.3.